The summed E-state index contributed by atoms with van der Waals surface area (Å²) in [6.45, 7) is 0.432. The second-order valence-corrected chi connectivity index (χ2v) is 10.2. The van der Waals surface area contributed by atoms with Crippen LogP contribution in [0.15, 0.2) is 0 Å². The highest BCUT2D eigenvalue weighted by Gasteiger charge is 2.11. The van der Waals surface area contributed by atoms with Crippen LogP contribution >= 0.6 is 29.7 Å². The molecule has 0 fully saturated rings. The number of carbonyl (C=O) groups excluding carboxylic acids is 1. The zero-order chi connectivity index (χ0) is 9.61. The Morgan fingerprint density at radius 3 is 2.75 bits per heavy atom. The third-order valence-corrected chi connectivity index (χ3v) is 7.27. The number of hydrogen-bond acceptors (Lipinski definition) is 3. The highest BCUT2D eigenvalue weighted by Crippen LogP contribution is 2.55. The molecule has 0 atom stereocenters. The lowest BCUT2D eigenvalue weighted by Crippen LogP contribution is -2.22. The molecule has 0 saturated heterocycles. The van der Waals surface area contributed by atoms with E-state index in [1.807, 2.05) is 0 Å². The third kappa shape index (κ3) is 5.91. The third-order valence-electron chi connectivity index (χ3n) is 1.18. The molecule has 0 aromatic rings. The molecule has 0 aliphatic heterocycles. The summed E-state index contributed by atoms with van der Waals surface area (Å²) >= 11 is 0. The van der Waals surface area contributed by atoms with Crippen LogP contribution in [-0.2, 0) is 4.74 Å². The summed E-state index contributed by atoms with van der Waals surface area (Å²) in [5.41, 5.74) is 0. The first kappa shape index (κ1) is 12.3. The smallest absolute Gasteiger partial charge is 0.394 e. The highest BCUT2D eigenvalue weighted by molar-refractivity contribution is 9.00. The zero-order valence-electron chi connectivity index (χ0n) is 7.43. The van der Waals surface area contributed by atoms with Crippen LogP contribution in [0.3, 0.4) is 0 Å². The van der Waals surface area contributed by atoms with Crippen LogP contribution < -0.4 is 5.23 Å². The number of amides is 1. The summed E-state index contributed by atoms with van der Waals surface area (Å²) in [6.07, 6.45) is 3.78. The molecule has 0 rings (SSSR count). The van der Waals surface area contributed by atoms with E-state index in [-0.39, 0.29) is 6.09 Å². The number of halogens is 1. The molecule has 72 valence electrons. The van der Waals surface area contributed by atoms with Crippen molar-refractivity contribution in [1.29, 1.82) is 0 Å². The maximum atomic E-state index is 10.6. The highest BCUT2D eigenvalue weighted by atomic mass is 35.7. The predicted octanol–water partition coefficient (Wildman–Crippen LogP) is 1.13. The lowest BCUT2D eigenvalue weighted by Gasteiger charge is -2.25. The van der Waals surface area contributed by atoms with Crippen LogP contribution in [0.5, 0.6) is 0 Å². The fourth-order valence-electron chi connectivity index (χ4n) is 0.439. The van der Waals surface area contributed by atoms with E-state index in [1.165, 1.54) is 18.0 Å². The van der Waals surface area contributed by atoms with E-state index >= 15 is 0 Å². The normalized spacial score (nSPS) is 12.2. The van der Waals surface area contributed by atoms with Crippen molar-refractivity contribution in [3.05, 3.63) is 0 Å². The molecule has 0 aromatic carbocycles. The van der Waals surface area contributed by atoms with Crippen LogP contribution in [0.25, 0.3) is 0 Å². The number of carbonyl (C=O) groups is 1. The topological polar surface area (TPSA) is 38.3 Å². The summed E-state index contributed by atoms with van der Waals surface area (Å²) < 4.78 is 4.83. The Labute approximate surface area is 83.6 Å². The van der Waals surface area contributed by atoms with Gasteiger partial charge in [0.2, 0.25) is 7.98 Å². The Kier molecular flexibility index (Phi) is 6.04. The molecular formula is C5H13BClNO2S2. The van der Waals surface area contributed by atoms with Gasteiger partial charge in [-0.25, -0.2) is 4.79 Å². The summed E-state index contributed by atoms with van der Waals surface area (Å²) in [7, 11) is 7.66. The monoisotopic (exact) mass is 229 g/mol. The molecule has 0 spiro atoms. The number of rotatable bonds is 4. The lowest BCUT2D eigenvalue weighted by molar-refractivity contribution is 0.160. The minimum atomic E-state index is -0.846. The molecule has 0 radical (unpaired) electrons. The Morgan fingerprint density at radius 1 is 1.75 bits per heavy atom. The fraction of sp³-hybridized carbons (Fsp3) is 0.800. The standard InChI is InChI=1S/C5H13BClNO2S2/c1-12(2,11-7)4-3-10-5(9)8-6/h3-4,6H2,1-2H3,(H,8,9). The van der Waals surface area contributed by atoms with Gasteiger partial charge in [0, 0.05) is 5.75 Å². The van der Waals surface area contributed by atoms with Crippen LogP contribution in [-0.4, -0.2) is 38.9 Å². The van der Waals surface area contributed by atoms with Crippen molar-refractivity contribution in [1.82, 2.24) is 5.23 Å². The molecule has 7 heteroatoms. The summed E-state index contributed by atoms with van der Waals surface area (Å²) in [4.78, 5) is 10.6. The Balaban J connectivity index is 3.49. The quantitative estimate of drug-likeness (QED) is 0.580. The molecule has 0 bridgehead atoms. The molecule has 1 amide bonds. The number of ether oxygens (including phenoxy) is 1. The average Bonchev–Trinajstić information content (AvgIpc) is 2.04. The van der Waals surface area contributed by atoms with Gasteiger partial charge in [-0.15, -0.1) is 0 Å². The predicted molar refractivity (Wildman–Crippen MR) is 60.8 cm³/mol. The molecule has 12 heavy (non-hydrogen) atoms. The van der Waals surface area contributed by atoms with E-state index in [9.17, 15) is 4.79 Å². The summed E-state index contributed by atoms with van der Waals surface area (Å²) in [5.74, 6) is 0.828. The second-order valence-electron chi connectivity index (χ2n) is 2.59. The zero-order valence-corrected chi connectivity index (χ0v) is 9.81. The van der Waals surface area contributed by atoms with Crippen LogP contribution in [0.1, 0.15) is 0 Å². The van der Waals surface area contributed by atoms with E-state index in [0.717, 1.165) is 5.75 Å². The van der Waals surface area contributed by atoms with Gasteiger partial charge in [-0.2, -0.15) is 9.06 Å². The maximum absolute atomic E-state index is 10.6. The van der Waals surface area contributed by atoms with Gasteiger partial charge in [0.15, 0.2) is 0 Å². The molecule has 0 aliphatic rings. The van der Waals surface area contributed by atoms with Crippen molar-refractivity contribution in [3.8, 4) is 0 Å². The van der Waals surface area contributed by atoms with Gasteiger partial charge in [-0.05, 0) is 33.2 Å². The average molecular weight is 230 g/mol. The van der Waals surface area contributed by atoms with Crippen molar-refractivity contribution in [2.45, 2.75) is 0 Å². The molecule has 0 heterocycles. The minimum Gasteiger partial charge on any atom is -0.450 e. The molecule has 1 N–H and O–H groups in total. The Bertz CT molecular complexity index is 158. The first-order chi connectivity index (χ1) is 5.52. The van der Waals surface area contributed by atoms with Gasteiger partial charge >= 0.3 is 6.09 Å². The van der Waals surface area contributed by atoms with Crippen LogP contribution in [0, 0.1) is 0 Å². The van der Waals surface area contributed by atoms with E-state index in [0.29, 0.717) is 6.61 Å². The maximum Gasteiger partial charge on any atom is 0.394 e. The molecule has 0 saturated carbocycles. The molecule has 0 aliphatic carbocycles. The van der Waals surface area contributed by atoms with Gasteiger partial charge in [-0.1, -0.05) is 0 Å². The first-order valence-electron chi connectivity index (χ1n) is 3.37. The fourth-order valence-corrected chi connectivity index (χ4v) is 1.95. The van der Waals surface area contributed by atoms with Crippen molar-refractivity contribution in [3.63, 3.8) is 0 Å². The molecule has 0 unspecified atom stereocenters. The largest absolute Gasteiger partial charge is 0.450 e. The van der Waals surface area contributed by atoms with E-state index < -0.39 is 9.06 Å². The second kappa shape index (κ2) is 5.88. The Morgan fingerprint density at radius 2 is 2.33 bits per heavy atom. The van der Waals surface area contributed by atoms with Gasteiger partial charge in [0.05, 0.1) is 0 Å². The Hall–Kier alpha value is 0.325. The van der Waals surface area contributed by atoms with Crippen molar-refractivity contribution < 1.29 is 9.53 Å². The SMILES string of the molecule is BNC(=O)OCCS(C)(C)SCl. The van der Waals surface area contributed by atoms with Gasteiger partial charge in [-0.3, -0.25) is 0 Å². The van der Waals surface area contributed by atoms with Crippen molar-refractivity contribution >= 4 is 43.8 Å². The summed E-state index contributed by atoms with van der Waals surface area (Å²) in [5, 5.41) is 2.38. The first-order valence-corrected chi connectivity index (χ1v) is 8.15. The van der Waals surface area contributed by atoms with Crippen LogP contribution in [0.2, 0.25) is 0 Å². The van der Waals surface area contributed by atoms with Gasteiger partial charge in [0.1, 0.15) is 6.61 Å². The summed E-state index contributed by atoms with van der Waals surface area (Å²) in [6, 6.07) is 0. The van der Waals surface area contributed by atoms with E-state index in [4.69, 9.17) is 15.4 Å². The van der Waals surface area contributed by atoms with Crippen LogP contribution in [0.4, 0.5) is 4.79 Å². The van der Waals surface area contributed by atoms with Gasteiger partial charge < -0.3 is 9.96 Å². The molecular weight excluding hydrogens is 216 g/mol. The minimum absolute atomic E-state index is 0.384. The molecule has 0 aromatic heterocycles. The lowest BCUT2D eigenvalue weighted by atomic mass is 10.4. The number of hydrogen-bond donors (Lipinski definition) is 1. The van der Waals surface area contributed by atoms with Gasteiger partial charge in [0.25, 0.3) is 0 Å². The van der Waals surface area contributed by atoms with Crippen molar-refractivity contribution in [2.75, 3.05) is 24.9 Å². The number of nitrogens with one attached hydrogen (secondary N) is 1. The van der Waals surface area contributed by atoms with E-state index in [1.54, 1.807) is 0 Å². The van der Waals surface area contributed by atoms with Crippen molar-refractivity contribution in [2.24, 2.45) is 0 Å². The van der Waals surface area contributed by atoms with E-state index in [2.05, 4.69) is 17.7 Å². The molecule has 3 nitrogen and oxygen atoms in total.